The molecule has 0 saturated carbocycles. The zero-order valence-electron chi connectivity index (χ0n) is 15.2. The molecule has 1 aromatic rings. The summed E-state index contributed by atoms with van der Waals surface area (Å²) < 4.78 is 10.4. The Kier molecular flexibility index (Phi) is 6.77. The molecule has 1 aliphatic heterocycles. The highest BCUT2D eigenvalue weighted by Crippen LogP contribution is 2.14. The van der Waals surface area contributed by atoms with Gasteiger partial charge in [-0.3, -0.25) is 14.4 Å². The van der Waals surface area contributed by atoms with Crippen LogP contribution in [0.2, 0.25) is 0 Å². The van der Waals surface area contributed by atoms with Crippen LogP contribution in [0.1, 0.15) is 26.3 Å². The molecule has 2 atom stereocenters. The Labute approximate surface area is 152 Å². The molecule has 2 N–H and O–H groups in total. The number of esters is 1. The Morgan fingerprint density at radius 1 is 1.04 bits per heavy atom. The van der Waals surface area contributed by atoms with Crippen LogP contribution in [0, 0.1) is 0 Å². The smallest absolute Gasteiger partial charge is 0.302 e. The minimum absolute atomic E-state index is 0.169. The van der Waals surface area contributed by atoms with E-state index in [1.165, 1.54) is 12.5 Å². The number of piperazine rings is 1. The fraction of sp³-hybridized carbons (Fsp3) is 0.421. The molecule has 0 radical (unpaired) electrons. The lowest BCUT2D eigenvalue weighted by molar-refractivity contribution is -0.146. The fourth-order valence-corrected chi connectivity index (χ4v) is 2.40. The van der Waals surface area contributed by atoms with Gasteiger partial charge < -0.3 is 20.1 Å². The Bertz CT molecular complexity index is 692. The quantitative estimate of drug-likeness (QED) is 0.561. The monoisotopic (exact) mass is 360 g/mol. The lowest BCUT2D eigenvalue weighted by atomic mass is 10.0. The van der Waals surface area contributed by atoms with Crippen LogP contribution in [0.25, 0.3) is 0 Å². The first-order valence-electron chi connectivity index (χ1n) is 8.44. The second kappa shape index (κ2) is 9.03. The number of benzene rings is 1. The molecule has 1 saturated heterocycles. The van der Waals surface area contributed by atoms with Crippen molar-refractivity contribution in [1.82, 2.24) is 10.6 Å². The summed E-state index contributed by atoms with van der Waals surface area (Å²) in [7, 11) is 0. The van der Waals surface area contributed by atoms with Crippen molar-refractivity contribution in [2.45, 2.75) is 39.3 Å². The van der Waals surface area contributed by atoms with Crippen LogP contribution in [0.3, 0.4) is 0 Å². The third-order valence-corrected chi connectivity index (χ3v) is 3.82. The largest absolute Gasteiger partial charge is 0.490 e. The van der Waals surface area contributed by atoms with Crippen LogP contribution in [0.4, 0.5) is 0 Å². The van der Waals surface area contributed by atoms with Crippen molar-refractivity contribution in [3.63, 3.8) is 0 Å². The van der Waals surface area contributed by atoms with Gasteiger partial charge >= 0.3 is 5.97 Å². The summed E-state index contributed by atoms with van der Waals surface area (Å²) in [6, 6.07) is 5.88. The summed E-state index contributed by atoms with van der Waals surface area (Å²) in [6.07, 6.45) is 2.36. The molecule has 2 rings (SSSR count). The van der Waals surface area contributed by atoms with Gasteiger partial charge in [-0.05, 0) is 37.6 Å². The second-order valence-electron chi connectivity index (χ2n) is 6.37. The maximum Gasteiger partial charge on any atom is 0.302 e. The number of amides is 2. The topological polar surface area (TPSA) is 93.7 Å². The highest BCUT2D eigenvalue weighted by molar-refractivity contribution is 5.97. The third kappa shape index (κ3) is 5.91. The minimum atomic E-state index is -0.853. The summed E-state index contributed by atoms with van der Waals surface area (Å²) in [5, 5.41) is 5.25. The maximum absolute atomic E-state index is 12.2. The summed E-state index contributed by atoms with van der Waals surface area (Å²) >= 11 is 0. The van der Waals surface area contributed by atoms with Crippen LogP contribution in [0.5, 0.6) is 5.75 Å². The molecule has 1 aromatic carbocycles. The van der Waals surface area contributed by atoms with E-state index >= 15 is 0 Å². The summed E-state index contributed by atoms with van der Waals surface area (Å²) in [5.41, 5.74) is 2.09. The molecule has 1 heterocycles. The lowest BCUT2D eigenvalue weighted by Crippen LogP contribution is -2.63. The lowest BCUT2D eigenvalue weighted by Gasteiger charge is -2.29. The molecule has 0 spiro atoms. The molecule has 1 aliphatic rings. The van der Waals surface area contributed by atoms with Crippen LogP contribution < -0.4 is 15.4 Å². The van der Waals surface area contributed by atoms with Crippen molar-refractivity contribution < 1.29 is 23.9 Å². The van der Waals surface area contributed by atoms with E-state index in [0.717, 1.165) is 11.3 Å². The molecule has 0 bridgehead atoms. The molecule has 1 fully saturated rings. The van der Waals surface area contributed by atoms with Crippen LogP contribution in [-0.2, 0) is 25.5 Å². The highest BCUT2D eigenvalue weighted by atomic mass is 16.5. The molecule has 26 heavy (non-hydrogen) atoms. The Hall–Kier alpha value is -2.83. The molecular weight excluding hydrogens is 336 g/mol. The number of rotatable bonds is 7. The van der Waals surface area contributed by atoms with Gasteiger partial charge in [0.25, 0.3) is 0 Å². The number of allylic oxidation sites excluding steroid dienone is 1. The molecular formula is C19H24N2O5. The second-order valence-corrected chi connectivity index (χ2v) is 6.37. The van der Waals surface area contributed by atoms with E-state index in [1.807, 2.05) is 44.2 Å². The Morgan fingerprint density at radius 2 is 1.65 bits per heavy atom. The van der Waals surface area contributed by atoms with E-state index in [9.17, 15) is 14.4 Å². The highest BCUT2D eigenvalue weighted by Gasteiger charge is 2.34. The number of hydrogen-bond acceptors (Lipinski definition) is 5. The summed E-state index contributed by atoms with van der Waals surface area (Å²) in [6.45, 7) is 5.60. The van der Waals surface area contributed by atoms with Crippen molar-refractivity contribution in [3.8, 4) is 5.75 Å². The summed E-state index contributed by atoms with van der Waals surface area (Å²) in [5.74, 6) is -0.422. The van der Waals surface area contributed by atoms with E-state index in [2.05, 4.69) is 10.6 Å². The van der Waals surface area contributed by atoms with Gasteiger partial charge in [0.2, 0.25) is 11.8 Å². The normalized spacial score (nSPS) is 19.2. The predicted molar refractivity (Wildman–Crippen MR) is 95.6 cm³/mol. The minimum Gasteiger partial charge on any atom is -0.490 e. The molecule has 0 aliphatic carbocycles. The zero-order valence-corrected chi connectivity index (χ0v) is 15.2. The van der Waals surface area contributed by atoms with Gasteiger partial charge in [0.15, 0.2) is 0 Å². The van der Waals surface area contributed by atoms with Crippen LogP contribution in [0.15, 0.2) is 35.9 Å². The van der Waals surface area contributed by atoms with E-state index < -0.39 is 18.1 Å². The molecule has 7 nitrogen and oxygen atoms in total. The SMILES string of the molecule is CC(=O)OC[C@@H]1NC(=O)[C@H](Cc2ccc(OCC=C(C)C)cc2)NC1=O. The number of carbonyl (C=O) groups is 3. The van der Waals surface area contributed by atoms with Gasteiger partial charge in [-0.2, -0.15) is 0 Å². The van der Waals surface area contributed by atoms with Gasteiger partial charge in [0, 0.05) is 13.3 Å². The van der Waals surface area contributed by atoms with E-state index in [0.29, 0.717) is 13.0 Å². The first-order valence-corrected chi connectivity index (χ1v) is 8.44. The van der Waals surface area contributed by atoms with Gasteiger partial charge in [-0.25, -0.2) is 0 Å². The fourth-order valence-electron chi connectivity index (χ4n) is 2.40. The molecule has 7 heteroatoms. The molecule has 2 amide bonds. The van der Waals surface area contributed by atoms with Crippen molar-refractivity contribution in [2.24, 2.45) is 0 Å². The average Bonchev–Trinajstić information content (AvgIpc) is 2.57. The molecule has 0 aromatic heterocycles. The first-order chi connectivity index (χ1) is 12.3. The van der Waals surface area contributed by atoms with Gasteiger partial charge in [0.1, 0.15) is 31.0 Å². The molecule has 140 valence electrons. The van der Waals surface area contributed by atoms with E-state index in [1.54, 1.807) is 0 Å². The number of hydrogen-bond donors (Lipinski definition) is 2. The number of ether oxygens (including phenoxy) is 2. The standard InChI is InChI=1S/C19H24N2O5/c1-12(2)8-9-25-15-6-4-14(5-7-15)10-16-18(23)21-17(19(24)20-16)11-26-13(3)22/h4-8,16-17H,9-11H2,1-3H3,(H,20,24)(H,21,23)/t16-,17-/m0/s1. The van der Waals surface area contributed by atoms with Crippen molar-refractivity contribution in [1.29, 1.82) is 0 Å². The van der Waals surface area contributed by atoms with Gasteiger partial charge in [0.05, 0.1) is 0 Å². The van der Waals surface area contributed by atoms with E-state index in [4.69, 9.17) is 9.47 Å². The van der Waals surface area contributed by atoms with Crippen molar-refractivity contribution in [3.05, 3.63) is 41.5 Å². The predicted octanol–water partition coefficient (Wildman–Crippen LogP) is 1.12. The van der Waals surface area contributed by atoms with Crippen molar-refractivity contribution >= 4 is 17.8 Å². The number of carbonyl (C=O) groups excluding carboxylic acids is 3. The maximum atomic E-state index is 12.2. The number of nitrogens with one attached hydrogen (secondary N) is 2. The Balaban J connectivity index is 1.88. The Morgan fingerprint density at radius 3 is 2.27 bits per heavy atom. The zero-order chi connectivity index (χ0) is 19.1. The first kappa shape index (κ1) is 19.5. The van der Waals surface area contributed by atoms with Crippen LogP contribution in [-0.4, -0.2) is 43.1 Å². The van der Waals surface area contributed by atoms with E-state index in [-0.39, 0.29) is 18.4 Å². The molecule has 0 unspecified atom stereocenters. The summed E-state index contributed by atoms with van der Waals surface area (Å²) in [4.78, 5) is 35.0. The van der Waals surface area contributed by atoms with Crippen LogP contribution >= 0.6 is 0 Å². The van der Waals surface area contributed by atoms with Gasteiger partial charge in [-0.15, -0.1) is 0 Å². The van der Waals surface area contributed by atoms with Crippen molar-refractivity contribution in [2.75, 3.05) is 13.2 Å². The average molecular weight is 360 g/mol. The van der Waals surface area contributed by atoms with Gasteiger partial charge in [-0.1, -0.05) is 17.7 Å². The third-order valence-electron chi connectivity index (χ3n) is 3.82.